The number of hydrogen-bond acceptors (Lipinski definition) is 6. The van der Waals surface area contributed by atoms with Crippen molar-refractivity contribution in [3.05, 3.63) is 75.2 Å². The van der Waals surface area contributed by atoms with E-state index in [2.05, 4.69) is 15.2 Å². The summed E-state index contributed by atoms with van der Waals surface area (Å²) in [5, 5.41) is 7.74. The average molecular weight is 386 g/mol. The number of rotatable bonds is 5. The van der Waals surface area contributed by atoms with Gasteiger partial charge in [0.05, 0.1) is 17.6 Å². The van der Waals surface area contributed by atoms with E-state index >= 15 is 0 Å². The molecule has 0 aliphatic carbocycles. The minimum absolute atomic E-state index is 0.0801. The molecule has 0 saturated carbocycles. The van der Waals surface area contributed by atoms with Crippen molar-refractivity contribution < 1.29 is 18.3 Å². The van der Waals surface area contributed by atoms with E-state index in [1.807, 2.05) is 0 Å². The van der Waals surface area contributed by atoms with E-state index in [0.717, 1.165) is 6.20 Å². The van der Waals surface area contributed by atoms with Gasteiger partial charge in [0.2, 0.25) is 0 Å². The molecule has 28 heavy (non-hydrogen) atoms. The first-order chi connectivity index (χ1) is 13.3. The van der Waals surface area contributed by atoms with Crippen LogP contribution in [0.3, 0.4) is 0 Å². The average Bonchev–Trinajstić information content (AvgIpc) is 2.61. The van der Waals surface area contributed by atoms with Crippen molar-refractivity contribution in [1.82, 2.24) is 19.7 Å². The summed E-state index contributed by atoms with van der Waals surface area (Å²) in [5.74, 6) is -1.68. The van der Waals surface area contributed by atoms with Gasteiger partial charge in [-0.25, -0.2) is 8.78 Å². The fourth-order valence-electron chi connectivity index (χ4n) is 2.61. The van der Waals surface area contributed by atoms with Gasteiger partial charge >= 0.3 is 0 Å². The van der Waals surface area contributed by atoms with Crippen molar-refractivity contribution in [2.75, 3.05) is 0 Å². The largest absolute Gasteiger partial charge is 0.487 e. The highest BCUT2D eigenvalue weighted by molar-refractivity contribution is 5.92. The molecule has 0 amide bonds. The molecule has 9 heteroatoms. The Bertz CT molecular complexity index is 1130. The lowest BCUT2D eigenvalue weighted by Crippen LogP contribution is -2.22. The summed E-state index contributed by atoms with van der Waals surface area (Å²) < 4.78 is 33.4. The number of carbonyl (C=O) groups excluding carboxylic acids is 1. The Labute approximate surface area is 158 Å². The van der Waals surface area contributed by atoms with Gasteiger partial charge in [0.1, 0.15) is 29.6 Å². The summed E-state index contributed by atoms with van der Waals surface area (Å²) in [6.07, 6.45) is 0.886. The van der Waals surface area contributed by atoms with E-state index in [1.54, 1.807) is 19.9 Å². The Balaban J connectivity index is 1.92. The third-order valence-electron chi connectivity index (χ3n) is 4.00. The highest BCUT2D eigenvalue weighted by atomic mass is 19.1. The van der Waals surface area contributed by atoms with Gasteiger partial charge in [-0.2, -0.15) is 5.10 Å². The quantitative estimate of drug-likeness (QED) is 0.627. The number of ketones is 1. The molecule has 0 aromatic carbocycles. The number of pyridine rings is 2. The maximum atomic E-state index is 13.7. The predicted molar refractivity (Wildman–Crippen MR) is 95.6 cm³/mol. The van der Waals surface area contributed by atoms with Crippen LogP contribution in [0.15, 0.2) is 35.3 Å². The topological polar surface area (TPSA) is 87.0 Å². The Kier molecular flexibility index (Phi) is 5.25. The van der Waals surface area contributed by atoms with Crippen LogP contribution in [-0.2, 0) is 6.61 Å². The smallest absolute Gasteiger partial charge is 0.259 e. The zero-order chi connectivity index (χ0) is 20.4. The number of nitrogens with zero attached hydrogens (tertiary/aromatic N) is 4. The molecule has 0 N–H and O–H groups in total. The van der Waals surface area contributed by atoms with Gasteiger partial charge in [-0.15, -0.1) is 5.10 Å². The molecule has 0 spiro atoms. The second kappa shape index (κ2) is 7.63. The number of halogens is 2. The number of hydrogen-bond donors (Lipinski definition) is 0. The Morgan fingerprint density at radius 1 is 1.14 bits per heavy atom. The molecule has 3 aromatic rings. The summed E-state index contributed by atoms with van der Waals surface area (Å²) in [6, 6.07) is 5.01. The highest BCUT2D eigenvalue weighted by Crippen LogP contribution is 2.18. The molecule has 144 valence electrons. The van der Waals surface area contributed by atoms with Crippen molar-refractivity contribution in [3.8, 4) is 11.4 Å². The van der Waals surface area contributed by atoms with Crippen molar-refractivity contribution >= 4 is 5.78 Å². The van der Waals surface area contributed by atoms with Crippen LogP contribution >= 0.6 is 0 Å². The minimum Gasteiger partial charge on any atom is -0.487 e. The number of aryl methyl sites for hydroxylation is 2. The molecular weight excluding hydrogens is 370 g/mol. The van der Waals surface area contributed by atoms with Crippen molar-refractivity contribution in [1.29, 1.82) is 0 Å². The van der Waals surface area contributed by atoms with Crippen molar-refractivity contribution in [2.24, 2.45) is 0 Å². The molecule has 0 aliphatic heterocycles. The SMILES string of the molecule is CC(=O)c1cc(-n2c(C)cc(OCc3ncc(F)cc3F)cc2=O)c(C)nn1. The Morgan fingerprint density at radius 2 is 1.89 bits per heavy atom. The lowest BCUT2D eigenvalue weighted by Gasteiger charge is -2.14. The maximum absolute atomic E-state index is 13.7. The first-order valence-electron chi connectivity index (χ1n) is 8.28. The normalized spacial score (nSPS) is 10.8. The van der Waals surface area contributed by atoms with Crippen LogP contribution in [0.4, 0.5) is 8.78 Å². The van der Waals surface area contributed by atoms with Crippen LogP contribution < -0.4 is 10.3 Å². The summed E-state index contributed by atoms with van der Waals surface area (Å²) in [4.78, 5) is 27.8. The highest BCUT2D eigenvalue weighted by Gasteiger charge is 2.14. The molecule has 0 atom stereocenters. The van der Waals surface area contributed by atoms with Crippen molar-refractivity contribution in [2.45, 2.75) is 27.4 Å². The summed E-state index contributed by atoms with van der Waals surface area (Å²) in [5.41, 5.74) is 1.06. The third-order valence-corrected chi connectivity index (χ3v) is 4.00. The standard InChI is InChI=1S/C19H16F2N4O3/c1-10-4-14(28-9-17-15(21)5-13(20)8-22-17)6-19(27)25(10)18-7-16(12(3)26)24-23-11(18)2/h4-8H,9H2,1-3H3. The van der Waals surface area contributed by atoms with E-state index in [0.29, 0.717) is 23.1 Å². The summed E-state index contributed by atoms with van der Waals surface area (Å²) in [6.45, 7) is 4.45. The molecule has 3 rings (SSSR count). The van der Waals surface area contributed by atoms with Gasteiger partial charge in [0, 0.05) is 30.8 Å². The summed E-state index contributed by atoms with van der Waals surface area (Å²) in [7, 11) is 0. The predicted octanol–water partition coefficient (Wildman–Crippen LogP) is 2.70. The molecular formula is C19H16F2N4O3. The summed E-state index contributed by atoms with van der Waals surface area (Å²) >= 11 is 0. The van der Waals surface area contributed by atoms with Gasteiger partial charge in [-0.3, -0.25) is 19.1 Å². The van der Waals surface area contributed by atoms with Crippen LogP contribution in [0, 0.1) is 25.5 Å². The van der Waals surface area contributed by atoms with Crippen LogP contribution in [0.1, 0.15) is 34.5 Å². The van der Waals surface area contributed by atoms with Gasteiger partial charge < -0.3 is 4.74 Å². The number of Topliss-reactive ketones (excluding diaryl/α,β-unsaturated/α-hetero) is 1. The molecule has 0 fully saturated rings. The number of carbonyl (C=O) groups is 1. The Hall–Kier alpha value is -3.49. The molecule has 0 saturated heterocycles. The van der Waals surface area contributed by atoms with Gasteiger partial charge in [0.15, 0.2) is 11.6 Å². The second-order valence-corrected chi connectivity index (χ2v) is 6.13. The van der Waals surface area contributed by atoms with Crippen LogP contribution in [0.2, 0.25) is 0 Å². The molecule has 0 bridgehead atoms. The van der Waals surface area contributed by atoms with E-state index < -0.39 is 17.2 Å². The van der Waals surface area contributed by atoms with E-state index in [4.69, 9.17) is 4.74 Å². The van der Waals surface area contributed by atoms with Crippen molar-refractivity contribution in [3.63, 3.8) is 0 Å². The van der Waals surface area contributed by atoms with Gasteiger partial charge in [-0.1, -0.05) is 0 Å². The van der Waals surface area contributed by atoms with E-state index in [9.17, 15) is 18.4 Å². The Morgan fingerprint density at radius 3 is 2.54 bits per heavy atom. The first kappa shape index (κ1) is 19.3. The molecule has 0 radical (unpaired) electrons. The molecule has 0 aliphatic rings. The lowest BCUT2D eigenvalue weighted by molar-refractivity contribution is 0.101. The molecule has 3 heterocycles. The fourth-order valence-corrected chi connectivity index (χ4v) is 2.61. The zero-order valence-electron chi connectivity index (χ0n) is 15.4. The van der Waals surface area contributed by atoms with E-state index in [1.165, 1.54) is 23.6 Å². The maximum Gasteiger partial charge on any atom is 0.259 e. The second-order valence-electron chi connectivity index (χ2n) is 6.13. The molecule has 7 nitrogen and oxygen atoms in total. The van der Waals surface area contributed by atoms with E-state index in [-0.39, 0.29) is 29.5 Å². The minimum atomic E-state index is -0.833. The fraction of sp³-hybridized carbons (Fsp3) is 0.211. The van der Waals surface area contributed by atoms with Crippen LogP contribution in [0.5, 0.6) is 5.75 Å². The van der Waals surface area contributed by atoms with Gasteiger partial charge in [-0.05, 0) is 19.9 Å². The third kappa shape index (κ3) is 3.93. The lowest BCUT2D eigenvalue weighted by atomic mass is 10.2. The van der Waals surface area contributed by atoms with Crippen LogP contribution in [0.25, 0.3) is 5.69 Å². The first-order valence-corrected chi connectivity index (χ1v) is 8.28. The van der Waals surface area contributed by atoms with Gasteiger partial charge in [0.25, 0.3) is 5.56 Å². The van der Waals surface area contributed by atoms with Crippen LogP contribution in [-0.4, -0.2) is 25.5 Å². The number of ether oxygens (including phenoxy) is 1. The molecule has 0 unspecified atom stereocenters. The monoisotopic (exact) mass is 386 g/mol. The number of aromatic nitrogens is 4. The molecule has 3 aromatic heterocycles. The zero-order valence-corrected chi connectivity index (χ0v) is 15.4.